The second-order valence-corrected chi connectivity index (χ2v) is 5.07. The average molecular weight is 296 g/mol. The van der Waals surface area contributed by atoms with E-state index in [2.05, 4.69) is 17.2 Å². The van der Waals surface area contributed by atoms with Gasteiger partial charge in [-0.2, -0.15) is 13.2 Å². The van der Waals surface area contributed by atoms with Crippen molar-refractivity contribution in [3.05, 3.63) is 34.9 Å². The lowest BCUT2D eigenvalue weighted by atomic mass is 10.0. The first-order valence-electron chi connectivity index (χ1n) is 6.48. The highest BCUT2D eigenvalue weighted by molar-refractivity contribution is 5.96. The summed E-state index contributed by atoms with van der Waals surface area (Å²) >= 11 is 0. The van der Waals surface area contributed by atoms with Gasteiger partial charge in [-0.25, -0.2) is 0 Å². The van der Waals surface area contributed by atoms with Gasteiger partial charge in [-0.1, -0.05) is 17.9 Å². The van der Waals surface area contributed by atoms with Gasteiger partial charge in [0.15, 0.2) is 0 Å². The molecule has 0 heterocycles. The van der Waals surface area contributed by atoms with Crippen LogP contribution in [0, 0.1) is 18.8 Å². The number of rotatable bonds is 2. The van der Waals surface area contributed by atoms with E-state index in [9.17, 15) is 18.0 Å². The van der Waals surface area contributed by atoms with E-state index in [1.54, 1.807) is 19.1 Å². The Balaban J connectivity index is 2.23. The highest BCUT2D eigenvalue weighted by Gasteiger charge is 2.64. The van der Waals surface area contributed by atoms with Crippen molar-refractivity contribution >= 4 is 5.91 Å². The lowest BCUT2D eigenvalue weighted by Gasteiger charge is -2.21. The van der Waals surface area contributed by atoms with Crippen LogP contribution in [-0.4, -0.2) is 24.2 Å². The number of halogens is 3. The maximum absolute atomic E-state index is 12.9. The third-order valence-corrected chi connectivity index (χ3v) is 3.46. The summed E-state index contributed by atoms with van der Waals surface area (Å²) in [6.07, 6.45) is -4.57. The molecule has 0 unspecified atom stereocenters. The molecular formula is C15H15F3N2O. The fourth-order valence-electron chi connectivity index (χ4n) is 1.99. The van der Waals surface area contributed by atoms with E-state index in [-0.39, 0.29) is 24.9 Å². The number of nitrogens with one attached hydrogen (secondary N) is 1. The summed E-state index contributed by atoms with van der Waals surface area (Å²) in [5.74, 6) is 4.68. The molecule has 1 aliphatic carbocycles. The van der Waals surface area contributed by atoms with Crippen molar-refractivity contribution in [1.82, 2.24) is 5.32 Å². The SMILES string of the molecule is Cc1ccc(C#CCN)cc1C(=O)NC1(C(F)(F)F)CC1. The van der Waals surface area contributed by atoms with Gasteiger partial charge in [-0.05, 0) is 37.5 Å². The zero-order chi connectivity index (χ0) is 15.7. The minimum atomic E-state index is -4.42. The topological polar surface area (TPSA) is 55.1 Å². The molecule has 0 aromatic heterocycles. The number of benzene rings is 1. The zero-order valence-corrected chi connectivity index (χ0v) is 11.5. The second kappa shape index (κ2) is 5.41. The van der Waals surface area contributed by atoms with Gasteiger partial charge in [0.2, 0.25) is 0 Å². The molecular weight excluding hydrogens is 281 g/mol. The molecule has 1 fully saturated rings. The van der Waals surface area contributed by atoms with Crippen LogP contribution in [0.4, 0.5) is 13.2 Å². The summed E-state index contributed by atoms with van der Waals surface area (Å²) in [6.45, 7) is 1.84. The quantitative estimate of drug-likeness (QED) is 0.822. The van der Waals surface area contributed by atoms with E-state index in [4.69, 9.17) is 5.73 Å². The minimum absolute atomic E-state index is 0.0754. The smallest absolute Gasteiger partial charge is 0.338 e. The lowest BCUT2D eigenvalue weighted by molar-refractivity contribution is -0.163. The molecule has 0 aliphatic heterocycles. The van der Waals surface area contributed by atoms with Crippen LogP contribution in [0.5, 0.6) is 0 Å². The van der Waals surface area contributed by atoms with Crippen LogP contribution >= 0.6 is 0 Å². The van der Waals surface area contributed by atoms with E-state index >= 15 is 0 Å². The molecule has 1 aromatic carbocycles. The van der Waals surface area contributed by atoms with Gasteiger partial charge >= 0.3 is 6.18 Å². The molecule has 6 heteroatoms. The van der Waals surface area contributed by atoms with Crippen LogP contribution in [-0.2, 0) is 0 Å². The molecule has 1 aromatic rings. The number of amides is 1. The fraction of sp³-hybridized carbons (Fsp3) is 0.400. The molecule has 0 atom stereocenters. The molecule has 0 radical (unpaired) electrons. The zero-order valence-electron chi connectivity index (χ0n) is 11.5. The van der Waals surface area contributed by atoms with Crippen molar-refractivity contribution in [3.8, 4) is 11.8 Å². The van der Waals surface area contributed by atoms with Crippen LogP contribution in [0.2, 0.25) is 0 Å². The standard InChI is InChI=1S/C15H15F3N2O/c1-10-4-5-11(3-2-8-19)9-12(10)13(21)20-14(6-7-14)15(16,17)18/h4-5,9H,6-8,19H2,1H3,(H,20,21). The molecule has 2 rings (SSSR count). The van der Waals surface area contributed by atoms with Gasteiger partial charge in [0, 0.05) is 11.1 Å². The van der Waals surface area contributed by atoms with E-state index in [1.165, 1.54) is 6.07 Å². The summed E-state index contributed by atoms with van der Waals surface area (Å²) < 4.78 is 38.6. The summed E-state index contributed by atoms with van der Waals surface area (Å²) in [4.78, 5) is 12.1. The largest absolute Gasteiger partial charge is 0.411 e. The highest BCUT2D eigenvalue weighted by Crippen LogP contribution is 2.49. The van der Waals surface area contributed by atoms with Crippen LogP contribution in [0.15, 0.2) is 18.2 Å². The third-order valence-electron chi connectivity index (χ3n) is 3.46. The van der Waals surface area contributed by atoms with Crippen molar-refractivity contribution in [1.29, 1.82) is 0 Å². The maximum Gasteiger partial charge on any atom is 0.411 e. The number of hydrogen-bond donors (Lipinski definition) is 2. The predicted octanol–water partition coefficient (Wildman–Crippen LogP) is 2.13. The first kappa shape index (κ1) is 15.4. The summed E-state index contributed by atoms with van der Waals surface area (Å²) in [5, 5.41) is 2.11. The number of carbonyl (C=O) groups is 1. The number of nitrogens with two attached hydrogens (primary N) is 1. The van der Waals surface area contributed by atoms with Gasteiger partial charge in [0.25, 0.3) is 5.91 Å². The number of hydrogen-bond acceptors (Lipinski definition) is 2. The Morgan fingerprint density at radius 3 is 2.62 bits per heavy atom. The Labute approximate surface area is 120 Å². The fourth-order valence-corrected chi connectivity index (χ4v) is 1.99. The Hall–Kier alpha value is -2.00. The summed E-state index contributed by atoms with van der Waals surface area (Å²) in [7, 11) is 0. The molecule has 1 saturated carbocycles. The van der Waals surface area contributed by atoms with Gasteiger partial charge in [0.05, 0.1) is 6.54 Å². The second-order valence-electron chi connectivity index (χ2n) is 5.07. The van der Waals surface area contributed by atoms with Crippen molar-refractivity contribution in [2.45, 2.75) is 31.5 Å². The monoisotopic (exact) mass is 296 g/mol. The molecule has 21 heavy (non-hydrogen) atoms. The van der Waals surface area contributed by atoms with Gasteiger partial charge in [-0.15, -0.1) is 0 Å². The van der Waals surface area contributed by atoms with Gasteiger partial charge < -0.3 is 11.1 Å². The van der Waals surface area contributed by atoms with E-state index in [1.807, 2.05) is 0 Å². The average Bonchev–Trinajstić information content (AvgIpc) is 3.18. The third kappa shape index (κ3) is 3.19. The van der Waals surface area contributed by atoms with Crippen molar-refractivity contribution in [2.24, 2.45) is 5.73 Å². The van der Waals surface area contributed by atoms with Crippen LogP contribution in [0.1, 0.15) is 34.3 Å². The minimum Gasteiger partial charge on any atom is -0.338 e. The van der Waals surface area contributed by atoms with Gasteiger partial charge in [0.1, 0.15) is 5.54 Å². The molecule has 1 aliphatic rings. The Bertz CT molecular complexity index is 622. The maximum atomic E-state index is 12.9. The molecule has 1 amide bonds. The molecule has 3 N–H and O–H groups in total. The van der Waals surface area contributed by atoms with Crippen LogP contribution < -0.4 is 11.1 Å². The van der Waals surface area contributed by atoms with Crippen molar-refractivity contribution < 1.29 is 18.0 Å². The number of carbonyl (C=O) groups excluding carboxylic acids is 1. The molecule has 0 saturated heterocycles. The Morgan fingerprint density at radius 1 is 1.43 bits per heavy atom. The highest BCUT2D eigenvalue weighted by atomic mass is 19.4. The summed E-state index contributed by atoms with van der Waals surface area (Å²) in [6, 6.07) is 4.84. The Morgan fingerprint density at radius 2 is 2.10 bits per heavy atom. The number of aryl methyl sites for hydroxylation is 1. The van der Waals surface area contributed by atoms with Crippen LogP contribution in [0.3, 0.4) is 0 Å². The van der Waals surface area contributed by atoms with E-state index in [0.717, 1.165) is 0 Å². The van der Waals surface area contributed by atoms with Gasteiger partial charge in [-0.3, -0.25) is 4.79 Å². The van der Waals surface area contributed by atoms with Crippen molar-refractivity contribution in [3.63, 3.8) is 0 Å². The van der Waals surface area contributed by atoms with Crippen molar-refractivity contribution in [2.75, 3.05) is 6.54 Å². The number of alkyl halides is 3. The predicted molar refractivity (Wildman–Crippen MR) is 72.6 cm³/mol. The first-order chi connectivity index (χ1) is 9.79. The van der Waals surface area contributed by atoms with Crippen LogP contribution in [0.25, 0.3) is 0 Å². The first-order valence-corrected chi connectivity index (χ1v) is 6.48. The summed E-state index contributed by atoms with van der Waals surface area (Å²) in [5.41, 5.74) is 4.56. The van der Waals surface area contributed by atoms with E-state index < -0.39 is 17.6 Å². The molecule has 0 spiro atoms. The normalized spacial score (nSPS) is 15.9. The molecule has 112 valence electrons. The van der Waals surface area contributed by atoms with E-state index in [0.29, 0.717) is 11.1 Å². The molecule has 0 bridgehead atoms. The lowest BCUT2D eigenvalue weighted by Crippen LogP contribution is -2.48. The Kier molecular flexibility index (Phi) is 3.97. The molecule has 3 nitrogen and oxygen atoms in total.